The molecule has 0 spiro atoms. The Morgan fingerprint density at radius 1 is 1.12 bits per heavy atom. The zero-order valence-electron chi connectivity index (χ0n) is 14.1. The molecule has 25 heavy (non-hydrogen) atoms. The van der Waals surface area contributed by atoms with Gasteiger partial charge in [0.1, 0.15) is 12.0 Å². The van der Waals surface area contributed by atoms with Crippen LogP contribution in [0.1, 0.15) is 32.1 Å². The van der Waals surface area contributed by atoms with Crippen LogP contribution in [0.5, 0.6) is 0 Å². The highest BCUT2D eigenvalue weighted by Crippen LogP contribution is 2.48. The molecule has 3 nitrogen and oxygen atoms in total. The zero-order valence-corrected chi connectivity index (χ0v) is 15.7. The van der Waals surface area contributed by atoms with Crippen LogP contribution in [-0.4, -0.2) is 11.1 Å². The molecule has 4 heteroatoms. The van der Waals surface area contributed by atoms with Crippen molar-refractivity contribution >= 4 is 38.3 Å². The Balaban J connectivity index is 1.66. The van der Waals surface area contributed by atoms with E-state index >= 15 is 0 Å². The summed E-state index contributed by atoms with van der Waals surface area (Å²) in [6, 6.07) is 6.39. The van der Waals surface area contributed by atoms with Gasteiger partial charge in [0.05, 0.1) is 11.2 Å². The van der Waals surface area contributed by atoms with Gasteiger partial charge in [0.15, 0.2) is 0 Å². The molecule has 2 aromatic rings. The van der Waals surface area contributed by atoms with E-state index in [1.165, 1.54) is 35.1 Å². The molecule has 0 fully saturated rings. The molecule has 0 bridgehead atoms. The van der Waals surface area contributed by atoms with Gasteiger partial charge in [-0.05, 0) is 50.3 Å². The molecule has 128 valence electrons. The molecule has 2 atom stereocenters. The van der Waals surface area contributed by atoms with Crippen molar-refractivity contribution in [2.45, 2.75) is 38.3 Å². The maximum atomic E-state index is 3.82. The number of allylic oxidation sites excluding steroid dienone is 6. The van der Waals surface area contributed by atoms with E-state index in [0.29, 0.717) is 12.1 Å². The van der Waals surface area contributed by atoms with Crippen molar-refractivity contribution in [2.75, 3.05) is 10.2 Å². The molecule has 1 aromatic heterocycles. The molecule has 1 aromatic carbocycles. The second-order valence-electron chi connectivity index (χ2n) is 7.14. The van der Waals surface area contributed by atoms with E-state index in [-0.39, 0.29) is 0 Å². The predicted molar refractivity (Wildman–Crippen MR) is 109 cm³/mol. The average Bonchev–Trinajstić information content (AvgIpc) is 3.19. The third-order valence-electron chi connectivity index (χ3n) is 5.62. The number of rotatable bonds is 2. The Bertz CT molecular complexity index is 905. The Morgan fingerprint density at radius 2 is 2.08 bits per heavy atom. The number of anilines is 2. The molecule has 2 unspecified atom stereocenters. The van der Waals surface area contributed by atoms with Crippen LogP contribution in [0.4, 0.5) is 11.5 Å². The van der Waals surface area contributed by atoms with Crippen molar-refractivity contribution in [3.8, 4) is 0 Å². The number of fused-ring (bicyclic) bond motifs is 3. The summed E-state index contributed by atoms with van der Waals surface area (Å²) in [5.41, 5.74) is 3.92. The summed E-state index contributed by atoms with van der Waals surface area (Å²) in [6.45, 7) is 0. The molecule has 2 aliphatic carbocycles. The lowest BCUT2D eigenvalue weighted by atomic mass is 9.90. The summed E-state index contributed by atoms with van der Waals surface area (Å²) in [5, 5.41) is 5.11. The van der Waals surface area contributed by atoms with E-state index in [1.54, 1.807) is 0 Å². The smallest absolute Gasteiger partial charge is 0.130 e. The number of hydrogen-bond acceptors (Lipinski definition) is 2. The van der Waals surface area contributed by atoms with Crippen LogP contribution >= 0.6 is 15.9 Å². The van der Waals surface area contributed by atoms with E-state index in [9.17, 15) is 0 Å². The minimum Gasteiger partial charge on any atom is -0.349 e. The topological polar surface area (TPSA) is 31.1 Å². The summed E-state index contributed by atoms with van der Waals surface area (Å²) in [7, 11) is 0. The number of nitrogens with zero attached hydrogens (tertiary/aromatic N) is 1. The van der Waals surface area contributed by atoms with Crippen LogP contribution in [0.2, 0.25) is 0 Å². The van der Waals surface area contributed by atoms with Crippen LogP contribution in [-0.2, 0) is 0 Å². The van der Waals surface area contributed by atoms with E-state index < -0.39 is 0 Å². The first-order valence-electron chi connectivity index (χ1n) is 9.19. The van der Waals surface area contributed by atoms with E-state index in [1.807, 2.05) is 0 Å². The van der Waals surface area contributed by atoms with Crippen LogP contribution < -0.4 is 10.2 Å². The summed E-state index contributed by atoms with van der Waals surface area (Å²) >= 11 is 3.78. The number of halogens is 1. The van der Waals surface area contributed by atoms with Gasteiger partial charge in [-0.2, -0.15) is 0 Å². The Kier molecular flexibility index (Phi) is 3.74. The van der Waals surface area contributed by atoms with E-state index in [0.717, 1.165) is 29.6 Å². The minimum atomic E-state index is 0.334. The number of H-pyrrole nitrogens is 1. The van der Waals surface area contributed by atoms with Crippen molar-refractivity contribution in [1.82, 2.24) is 4.98 Å². The molecule has 0 amide bonds. The monoisotopic (exact) mass is 395 g/mol. The number of aromatic nitrogens is 1. The lowest BCUT2D eigenvalue weighted by molar-refractivity contribution is 0.411. The molecule has 2 heterocycles. The van der Waals surface area contributed by atoms with Crippen molar-refractivity contribution in [1.29, 1.82) is 0 Å². The minimum absolute atomic E-state index is 0.334. The molecule has 3 aliphatic rings. The highest BCUT2D eigenvalue weighted by atomic mass is 79.9. The fourth-order valence-electron chi connectivity index (χ4n) is 4.43. The molecular formula is C21H22BrN3. The highest BCUT2D eigenvalue weighted by Gasteiger charge is 2.39. The van der Waals surface area contributed by atoms with Gasteiger partial charge < -0.3 is 15.2 Å². The third kappa shape index (κ3) is 2.46. The number of hydrogen-bond donors (Lipinski definition) is 2. The summed E-state index contributed by atoms with van der Waals surface area (Å²) in [5.74, 6) is 1.80. The molecule has 5 rings (SSSR count). The second kappa shape index (κ2) is 6.10. The van der Waals surface area contributed by atoms with Gasteiger partial charge in [-0.25, -0.2) is 0 Å². The van der Waals surface area contributed by atoms with Gasteiger partial charge >= 0.3 is 0 Å². The second-order valence-corrected chi connectivity index (χ2v) is 7.99. The zero-order chi connectivity index (χ0) is 16.8. The van der Waals surface area contributed by atoms with Crippen molar-refractivity contribution < 1.29 is 0 Å². The number of benzene rings is 1. The highest BCUT2D eigenvalue weighted by molar-refractivity contribution is 9.10. The maximum Gasteiger partial charge on any atom is 0.130 e. The van der Waals surface area contributed by atoms with Gasteiger partial charge in [-0.15, -0.1) is 0 Å². The van der Waals surface area contributed by atoms with Gasteiger partial charge in [-0.3, -0.25) is 0 Å². The van der Waals surface area contributed by atoms with Gasteiger partial charge in [0.25, 0.3) is 0 Å². The van der Waals surface area contributed by atoms with Crippen LogP contribution in [0.3, 0.4) is 0 Å². The van der Waals surface area contributed by atoms with Gasteiger partial charge in [0.2, 0.25) is 0 Å². The first kappa shape index (κ1) is 15.3. The summed E-state index contributed by atoms with van der Waals surface area (Å²) < 4.78 is 1.16. The maximum absolute atomic E-state index is 3.82. The Labute approximate surface area is 156 Å². The van der Waals surface area contributed by atoms with Crippen LogP contribution in [0.15, 0.2) is 58.7 Å². The average molecular weight is 396 g/mol. The van der Waals surface area contributed by atoms with E-state index in [2.05, 4.69) is 79.7 Å². The van der Waals surface area contributed by atoms with Gasteiger partial charge in [-0.1, -0.05) is 46.3 Å². The first-order chi connectivity index (χ1) is 12.3. The fourth-order valence-corrected chi connectivity index (χ4v) is 4.98. The lowest BCUT2D eigenvalue weighted by Gasteiger charge is -2.36. The standard InChI is InChI=1S/C21H22BrN3/c22-16-12-7-13-17-18(16)19-20(23-17)24-21(14-8-3-1-4-9-14)25(19)15-10-5-2-6-11-15/h1-3,5,7,10,12-14,21,23-24H,4,6,8-9,11H2. The quantitative estimate of drug-likeness (QED) is 0.603. The summed E-state index contributed by atoms with van der Waals surface area (Å²) in [6.07, 6.45) is 17.6. The normalized spacial score (nSPS) is 25.2. The largest absolute Gasteiger partial charge is 0.349 e. The van der Waals surface area contributed by atoms with Crippen LogP contribution in [0.25, 0.3) is 10.9 Å². The molecule has 0 saturated heterocycles. The SMILES string of the molecule is Brc1cccc2[nH]c3c(c12)N(C1=CC=CCC1)C(C1CC=CCC1)N3. The van der Waals surface area contributed by atoms with Crippen LogP contribution in [0, 0.1) is 5.92 Å². The predicted octanol–water partition coefficient (Wildman–Crippen LogP) is 6.08. The van der Waals surface area contributed by atoms with Gasteiger partial charge in [0, 0.05) is 21.5 Å². The number of aromatic amines is 1. The Hall–Kier alpha value is -1.94. The molecule has 1 aliphatic heterocycles. The first-order valence-corrected chi connectivity index (χ1v) is 9.99. The van der Waals surface area contributed by atoms with Crippen molar-refractivity contribution in [2.24, 2.45) is 5.92 Å². The summed E-state index contributed by atoms with van der Waals surface area (Å²) in [4.78, 5) is 6.18. The molecule has 2 N–H and O–H groups in total. The van der Waals surface area contributed by atoms with E-state index in [4.69, 9.17) is 0 Å². The molecular weight excluding hydrogens is 374 g/mol. The van der Waals surface area contributed by atoms with Crippen molar-refractivity contribution in [3.63, 3.8) is 0 Å². The van der Waals surface area contributed by atoms with Crippen molar-refractivity contribution in [3.05, 3.63) is 58.7 Å². The Morgan fingerprint density at radius 3 is 2.88 bits per heavy atom. The molecule has 0 saturated carbocycles. The fraction of sp³-hybridized carbons (Fsp3) is 0.333. The molecule has 0 radical (unpaired) electrons. The third-order valence-corrected chi connectivity index (χ3v) is 6.28. The lowest BCUT2D eigenvalue weighted by Crippen LogP contribution is -2.42. The number of nitrogens with one attached hydrogen (secondary N) is 2.